The van der Waals surface area contributed by atoms with Crippen LogP contribution in [0.15, 0.2) is 18.2 Å². The van der Waals surface area contributed by atoms with E-state index in [1.54, 1.807) is 6.07 Å². The van der Waals surface area contributed by atoms with Crippen LogP contribution in [0.1, 0.15) is 25.8 Å². The van der Waals surface area contributed by atoms with Gasteiger partial charge in [0.15, 0.2) is 11.5 Å². The number of aliphatic hydroxyl groups is 1. The van der Waals surface area contributed by atoms with Gasteiger partial charge >= 0.3 is 0 Å². The summed E-state index contributed by atoms with van der Waals surface area (Å²) >= 11 is 0. The van der Waals surface area contributed by atoms with E-state index in [2.05, 4.69) is 0 Å². The van der Waals surface area contributed by atoms with E-state index >= 15 is 0 Å². The molecule has 0 saturated carbocycles. The van der Waals surface area contributed by atoms with Crippen LogP contribution in [-0.2, 0) is 5.60 Å². The second-order valence-corrected chi connectivity index (χ2v) is 4.12. The first-order chi connectivity index (χ1) is 7.45. The summed E-state index contributed by atoms with van der Waals surface area (Å²) in [6.45, 7) is 4.06. The van der Waals surface area contributed by atoms with Gasteiger partial charge < -0.3 is 21.1 Å². The van der Waals surface area contributed by atoms with E-state index in [0.29, 0.717) is 18.5 Å². The van der Waals surface area contributed by atoms with Crippen LogP contribution in [0.4, 0.5) is 0 Å². The van der Waals surface area contributed by atoms with Crippen molar-refractivity contribution in [3.63, 3.8) is 0 Å². The minimum atomic E-state index is -1.07. The summed E-state index contributed by atoms with van der Waals surface area (Å²) in [5.74, 6) is -0.544. The molecule has 0 unspecified atom stereocenters. The Morgan fingerprint density at radius 1 is 1.31 bits per heavy atom. The average Bonchev–Trinajstić information content (AvgIpc) is 2.30. The Morgan fingerprint density at radius 3 is 2.38 bits per heavy atom. The summed E-state index contributed by atoms with van der Waals surface area (Å²) in [7, 11) is 0. The highest BCUT2D eigenvalue weighted by Crippen LogP contribution is 2.36. The van der Waals surface area contributed by atoms with E-state index in [1.807, 2.05) is 13.8 Å². The van der Waals surface area contributed by atoms with E-state index < -0.39 is 5.60 Å². The third-order valence-corrected chi connectivity index (χ3v) is 3.18. The molecule has 5 N–H and O–H groups in total. The molecule has 4 nitrogen and oxygen atoms in total. The van der Waals surface area contributed by atoms with Crippen molar-refractivity contribution in [2.45, 2.75) is 25.9 Å². The van der Waals surface area contributed by atoms with Gasteiger partial charge in [-0.3, -0.25) is 0 Å². The minimum Gasteiger partial charge on any atom is -0.504 e. The maximum Gasteiger partial charge on any atom is 0.157 e. The second-order valence-electron chi connectivity index (χ2n) is 4.12. The second kappa shape index (κ2) is 4.72. The topological polar surface area (TPSA) is 86.7 Å². The lowest BCUT2D eigenvalue weighted by atomic mass is 9.80. The molecule has 0 aliphatic carbocycles. The number of aromatic hydroxyl groups is 2. The number of nitrogens with two attached hydrogens (primary N) is 1. The lowest BCUT2D eigenvalue weighted by Crippen LogP contribution is -2.37. The van der Waals surface area contributed by atoms with Crippen LogP contribution in [0.2, 0.25) is 0 Å². The molecule has 1 aromatic rings. The predicted octanol–water partition coefficient (Wildman–Crippen LogP) is 1.29. The lowest BCUT2D eigenvalue weighted by Gasteiger charge is -2.33. The molecule has 0 saturated heterocycles. The maximum atomic E-state index is 10.5. The Bertz CT molecular complexity index is 367. The van der Waals surface area contributed by atoms with Crippen LogP contribution in [-0.4, -0.2) is 21.9 Å². The van der Waals surface area contributed by atoms with Crippen LogP contribution in [0.25, 0.3) is 0 Å². The zero-order chi connectivity index (χ0) is 12.3. The van der Waals surface area contributed by atoms with E-state index in [1.165, 1.54) is 12.1 Å². The average molecular weight is 225 g/mol. The largest absolute Gasteiger partial charge is 0.504 e. The van der Waals surface area contributed by atoms with Gasteiger partial charge in [-0.25, -0.2) is 0 Å². The Labute approximate surface area is 95.3 Å². The fraction of sp³-hybridized carbons (Fsp3) is 0.500. The molecule has 2 atom stereocenters. The summed E-state index contributed by atoms with van der Waals surface area (Å²) in [5, 5.41) is 29.1. The fourth-order valence-corrected chi connectivity index (χ4v) is 1.82. The molecule has 90 valence electrons. The van der Waals surface area contributed by atoms with Gasteiger partial charge in [0.05, 0.1) is 5.60 Å². The molecule has 0 aliphatic rings. The molecular weight excluding hydrogens is 206 g/mol. The third kappa shape index (κ3) is 2.13. The highest BCUT2D eigenvalue weighted by molar-refractivity contribution is 5.42. The van der Waals surface area contributed by atoms with Crippen molar-refractivity contribution in [3.05, 3.63) is 23.8 Å². The smallest absolute Gasteiger partial charge is 0.157 e. The molecule has 0 fully saturated rings. The van der Waals surface area contributed by atoms with Gasteiger partial charge in [0.2, 0.25) is 0 Å². The first-order valence-electron chi connectivity index (χ1n) is 5.40. The van der Waals surface area contributed by atoms with Gasteiger partial charge in [0, 0.05) is 5.92 Å². The zero-order valence-electron chi connectivity index (χ0n) is 9.64. The van der Waals surface area contributed by atoms with E-state index in [-0.39, 0.29) is 17.4 Å². The zero-order valence-corrected chi connectivity index (χ0v) is 9.64. The van der Waals surface area contributed by atoms with Crippen molar-refractivity contribution >= 4 is 0 Å². The monoisotopic (exact) mass is 225 g/mol. The molecule has 0 amide bonds. The molecule has 4 heteroatoms. The molecule has 0 spiro atoms. The van der Waals surface area contributed by atoms with Crippen molar-refractivity contribution in [1.82, 2.24) is 0 Å². The van der Waals surface area contributed by atoms with E-state index in [0.717, 1.165) is 0 Å². The van der Waals surface area contributed by atoms with E-state index in [9.17, 15) is 15.3 Å². The molecule has 0 radical (unpaired) electrons. The maximum absolute atomic E-state index is 10.5. The molecule has 1 rings (SSSR count). The summed E-state index contributed by atoms with van der Waals surface area (Å²) in [5.41, 5.74) is 5.07. The van der Waals surface area contributed by atoms with Gasteiger partial charge in [-0.05, 0) is 30.7 Å². The van der Waals surface area contributed by atoms with Gasteiger partial charge in [-0.2, -0.15) is 0 Å². The Balaban J connectivity index is 3.17. The number of hydrogen-bond donors (Lipinski definition) is 4. The van der Waals surface area contributed by atoms with Crippen molar-refractivity contribution in [2.75, 3.05) is 6.54 Å². The van der Waals surface area contributed by atoms with Gasteiger partial charge in [0.25, 0.3) is 0 Å². The molecule has 16 heavy (non-hydrogen) atoms. The van der Waals surface area contributed by atoms with Crippen LogP contribution < -0.4 is 5.73 Å². The van der Waals surface area contributed by atoms with Crippen LogP contribution in [0.3, 0.4) is 0 Å². The first-order valence-corrected chi connectivity index (χ1v) is 5.40. The summed E-state index contributed by atoms with van der Waals surface area (Å²) in [6, 6.07) is 4.35. The van der Waals surface area contributed by atoms with Crippen molar-refractivity contribution in [3.8, 4) is 11.5 Å². The van der Waals surface area contributed by atoms with Crippen LogP contribution >= 0.6 is 0 Å². The van der Waals surface area contributed by atoms with E-state index in [4.69, 9.17) is 5.73 Å². The van der Waals surface area contributed by atoms with Crippen LogP contribution in [0, 0.1) is 5.92 Å². The standard InChI is InChI=1S/C12H19NO3/c1-3-12(16,8(2)7-13)9-4-5-10(14)11(15)6-9/h4-6,8,14-16H,3,7,13H2,1-2H3/t8-,12-/m0/s1. The highest BCUT2D eigenvalue weighted by atomic mass is 16.3. The highest BCUT2D eigenvalue weighted by Gasteiger charge is 2.33. The predicted molar refractivity (Wildman–Crippen MR) is 62.2 cm³/mol. The van der Waals surface area contributed by atoms with Gasteiger partial charge in [-0.15, -0.1) is 0 Å². The lowest BCUT2D eigenvalue weighted by molar-refractivity contribution is -0.0177. The molecule has 1 aromatic carbocycles. The number of rotatable bonds is 4. The molecular formula is C12H19NO3. The molecule has 0 aromatic heterocycles. The number of benzene rings is 1. The molecule has 0 aliphatic heterocycles. The third-order valence-electron chi connectivity index (χ3n) is 3.18. The number of hydrogen-bond acceptors (Lipinski definition) is 4. The number of phenols is 2. The Morgan fingerprint density at radius 2 is 1.94 bits per heavy atom. The quantitative estimate of drug-likeness (QED) is 0.581. The number of phenolic OH excluding ortho intramolecular Hbond substituents is 2. The molecule has 0 bridgehead atoms. The Kier molecular flexibility index (Phi) is 3.78. The normalized spacial score (nSPS) is 16.8. The van der Waals surface area contributed by atoms with Crippen molar-refractivity contribution < 1.29 is 15.3 Å². The van der Waals surface area contributed by atoms with Crippen LogP contribution in [0.5, 0.6) is 11.5 Å². The minimum absolute atomic E-state index is 0.124. The fourth-order valence-electron chi connectivity index (χ4n) is 1.82. The van der Waals surface area contributed by atoms with Gasteiger partial charge in [0.1, 0.15) is 0 Å². The van der Waals surface area contributed by atoms with Crippen molar-refractivity contribution in [1.29, 1.82) is 0 Å². The van der Waals surface area contributed by atoms with Gasteiger partial charge in [-0.1, -0.05) is 19.9 Å². The van der Waals surface area contributed by atoms with Crippen molar-refractivity contribution in [2.24, 2.45) is 11.7 Å². The summed E-state index contributed by atoms with van der Waals surface area (Å²) < 4.78 is 0. The summed E-state index contributed by atoms with van der Waals surface area (Å²) in [4.78, 5) is 0. The summed E-state index contributed by atoms with van der Waals surface area (Å²) in [6.07, 6.45) is 0.496. The Hall–Kier alpha value is -1.26. The SMILES string of the molecule is CC[C@@](O)(c1ccc(O)c(O)c1)[C@@H](C)CN. The first kappa shape index (κ1) is 12.8. The molecule has 0 heterocycles.